The Morgan fingerprint density at radius 1 is 1.28 bits per heavy atom. The number of anilines is 1. The second kappa shape index (κ2) is 11.0. The minimum atomic E-state index is -0.543. The topological polar surface area (TPSA) is 69.0 Å². The van der Waals surface area contributed by atoms with Gasteiger partial charge in [0.2, 0.25) is 5.91 Å². The van der Waals surface area contributed by atoms with E-state index in [1.54, 1.807) is 35.8 Å². The third kappa shape index (κ3) is 5.95. The molecule has 0 radical (unpaired) electrons. The monoisotopic (exact) mass is 514 g/mol. The summed E-state index contributed by atoms with van der Waals surface area (Å²) < 4.78 is 20.9. The SMILES string of the molecule is C=CCn1c(SCC(=O)Nc2cccc(Cl)c2Cl)nnc1C(C)Oc1ccc(F)cc1Cl. The first-order chi connectivity index (χ1) is 15.3. The smallest absolute Gasteiger partial charge is 0.234 e. The van der Waals surface area contributed by atoms with Crippen LogP contribution in [0.4, 0.5) is 10.1 Å². The van der Waals surface area contributed by atoms with E-state index in [-0.39, 0.29) is 21.7 Å². The average Bonchev–Trinajstić information content (AvgIpc) is 3.15. The van der Waals surface area contributed by atoms with Gasteiger partial charge in [0.1, 0.15) is 11.6 Å². The van der Waals surface area contributed by atoms with Gasteiger partial charge in [0, 0.05) is 6.54 Å². The lowest BCUT2D eigenvalue weighted by Gasteiger charge is -2.16. The molecule has 0 saturated heterocycles. The number of nitrogens with zero attached hydrogens (tertiary/aromatic N) is 3. The van der Waals surface area contributed by atoms with Gasteiger partial charge in [0.05, 0.1) is 26.5 Å². The summed E-state index contributed by atoms with van der Waals surface area (Å²) >= 11 is 19.3. The van der Waals surface area contributed by atoms with Crippen LogP contribution in [-0.2, 0) is 11.3 Å². The molecule has 6 nitrogen and oxygen atoms in total. The number of carbonyl (C=O) groups excluding carboxylic acids is 1. The number of nitrogens with one attached hydrogen (secondary N) is 1. The van der Waals surface area contributed by atoms with Crippen LogP contribution in [0.3, 0.4) is 0 Å². The van der Waals surface area contributed by atoms with Gasteiger partial charge in [-0.15, -0.1) is 16.8 Å². The maximum Gasteiger partial charge on any atom is 0.234 e. The van der Waals surface area contributed by atoms with Crippen molar-refractivity contribution in [3.63, 3.8) is 0 Å². The lowest BCUT2D eigenvalue weighted by atomic mass is 10.3. The third-order valence-electron chi connectivity index (χ3n) is 4.18. The predicted octanol–water partition coefficient (Wildman–Crippen LogP) is 6.43. The van der Waals surface area contributed by atoms with Crippen LogP contribution in [0.5, 0.6) is 5.75 Å². The van der Waals surface area contributed by atoms with E-state index in [1.165, 1.54) is 30.0 Å². The molecule has 0 aliphatic heterocycles. The number of allylic oxidation sites excluding steroid dienone is 1. The number of hydrogen-bond acceptors (Lipinski definition) is 5. The molecule has 3 aromatic rings. The molecule has 32 heavy (non-hydrogen) atoms. The maximum absolute atomic E-state index is 13.3. The van der Waals surface area contributed by atoms with Crippen molar-refractivity contribution in [3.05, 3.63) is 75.8 Å². The van der Waals surface area contributed by atoms with Crippen LogP contribution < -0.4 is 10.1 Å². The molecule has 2 aromatic carbocycles. The molecule has 0 aliphatic carbocycles. The quantitative estimate of drug-likeness (QED) is 0.262. The zero-order chi connectivity index (χ0) is 23.3. The average molecular weight is 516 g/mol. The van der Waals surface area contributed by atoms with Crippen LogP contribution in [0, 0.1) is 5.82 Å². The van der Waals surface area contributed by atoms with Gasteiger partial charge in [-0.25, -0.2) is 4.39 Å². The van der Waals surface area contributed by atoms with E-state index in [1.807, 2.05) is 0 Å². The van der Waals surface area contributed by atoms with Gasteiger partial charge in [-0.05, 0) is 37.3 Å². The summed E-state index contributed by atoms with van der Waals surface area (Å²) in [4.78, 5) is 12.4. The Bertz CT molecular complexity index is 1140. The van der Waals surface area contributed by atoms with E-state index in [0.717, 1.165) is 0 Å². The summed E-state index contributed by atoms with van der Waals surface area (Å²) in [7, 11) is 0. The normalized spacial score (nSPS) is 11.8. The largest absolute Gasteiger partial charge is 0.481 e. The molecule has 1 N–H and O–H groups in total. The summed E-state index contributed by atoms with van der Waals surface area (Å²) in [5.41, 5.74) is 0.427. The number of benzene rings is 2. The number of thioether (sulfide) groups is 1. The van der Waals surface area contributed by atoms with Crippen molar-refractivity contribution < 1.29 is 13.9 Å². The molecule has 11 heteroatoms. The number of aromatic nitrogens is 3. The van der Waals surface area contributed by atoms with Crippen LogP contribution in [-0.4, -0.2) is 26.4 Å². The lowest BCUT2D eigenvalue weighted by Crippen LogP contribution is -2.16. The number of halogens is 4. The summed E-state index contributed by atoms with van der Waals surface area (Å²) in [6.07, 6.45) is 1.14. The van der Waals surface area contributed by atoms with Gasteiger partial charge in [-0.1, -0.05) is 58.7 Å². The number of carbonyl (C=O) groups is 1. The molecule has 1 aromatic heterocycles. The molecule has 168 valence electrons. The summed E-state index contributed by atoms with van der Waals surface area (Å²) in [5, 5.41) is 12.4. The van der Waals surface area contributed by atoms with E-state index >= 15 is 0 Å². The minimum absolute atomic E-state index is 0.0666. The Morgan fingerprint density at radius 2 is 2.06 bits per heavy atom. The first kappa shape index (κ1) is 24.4. The van der Waals surface area contributed by atoms with E-state index in [0.29, 0.717) is 34.0 Å². The molecular weight excluding hydrogens is 498 g/mol. The number of amides is 1. The van der Waals surface area contributed by atoms with Crippen molar-refractivity contribution in [2.45, 2.75) is 24.7 Å². The van der Waals surface area contributed by atoms with Crippen LogP contribution in [0.1, 0.15) is 18.9 Å². The fourth-order valence-corrected chi connectivity index (χ4v) is 4.05. The number of ether oxygens (including phenoxy) is 1. The first-order valence-corrected chi connectivity index (χ1v) is 11.4. The van der Waals surface area contributed by atoms with E-state index in [4.69, 9.17) is 39.5 Å². The van der Waals surface area contributed by atoms with Crippen molar-refractivity contribution >= 4 is 58.2 Å². The van der Waals surface area contributed by atoms with Gasteiger partial charge in [0.15, 0.2) is 17.1 Å². The first-order valence-electron chi connectivity index (χ1n) is 9.32. The maximum atomic E-state index is 13.3. The number of rotatable bonds is 9. The third-order valence-corrected chi connectivity index (χ3v) is 6.26. The van der Waals surface area contributed by atoms with Gasteiger partial charge in [-0.3, -0.25) is 9.36 Å². The highest BCUT2D eigenvalue weighted by atomic mass is 35.5. The molecular formula is C21H18Cl3FN4O2S. The summed E-state index contributed by atoms with van der Waals surface area (Å²) in [6, 6.07) is 8.87. The Balaban J connectivity index is 1.70. The Morgan fingerprint density at radius 3 is 2.78 bits per heavy atom. The van der Waals surface area contributed by atoms with Crippen LogP contribution in [0.15, 0.2) is 54.2 Å². The van der Waals surface area contributed by atoms with Crippen molar-refractivity contribution in [1.82, 2.24) is 14.8 Å². The van der Waals surface area contributed by atoms with Crippen molar-refractivity contribution in [1.29, 1.82) is 0 Å². The van der Waals surface area contributed by atoms with Crippen molar-refractivity contribution in [2.75, 3.05) is 11.1 Å². The van der Waals surface area contributed by atoms with Gasteiger partial charge in [0.25, 0.3) is 0 Å². The van der Waals surface area contributed by atoms with Crippen LogP contribution in [0.2, 0.25) is 15.1 Å². The van der Waals surface area contributed by atoms with Crippen molar-refractivity contribution in [3.8, 4) is 5.75 Å². The summed E-state index contributed by atoms with van der Waals surface area (Å²) in [5.74, 6) is 0.154. The summed E-state index contributed by atoms with van der Waals surface area (Å²) in [6.45, 7) is 5.93. The molecule has 1 atom stereocenters. The fourth-order valence-electron chi connectivity index (χ4n) is 2.74. The van der Waals surface area contributed by atoms with Gasteiger partial charge in [-0.2, -0.15) is 0 Å². The minimum Gasteiger partial charge on any atom is -0.481 e. The molecule has 0 saturated carbocycles. The van der Waals surface area contributed by atoms with E-state index in [2.05, 4.69) is 22.1 Å². The molecule has 3 rings (SSSR count). The zero-order valence-electron chi connectivity index (χ0n) is 16.8. The molecule has 1 unspecified atom stereocenters. The highest BCUT2D eigenvalue weighted by Gasteiger charge is 2.21. The Labute approximate surface area is 203 Å². The van der Waals surface area contributed by atoms with Gasteiger partial charge >= 0.3 is 0 Å². The van der Waals surface area contributed by atoms with E-state index < -0.39 is 11.9 Å². The van der Waals surface area contributed by atoms with Crippen LogP contribution >= 0.6 is 46.6 Å². The molecule has 0 bridgehead atoms. The van der Waals surface area contributed by atoms with Gasteiger partial charge < -0.3 is 10.1 Å². The molecule has 0 aliphatic rings. The number of hydrogen-bond donors (Lipinski definition) is 1. The lowest BCUT2D eigenvalue weighted by molar-refractivity contribution is -0.113. The van der Waals surface area contributed by atoms with Crippen molar-refractivity contribution in [2.24, 2.45) is 0 Å². The highest BCUT2D eigenvalue weighted by Crippen LogP contribution is 2.31. The zero-order valence-corrected chi connectivity index (χ0v) is 19.9. The molecule has 1 heterocycles. The van der Waals surface area contributed by atoms with E-state index in [9.17, 15) is 9.18 Å². The second-order valence-corrected chi connectivity index (χ2v) is 8.65. The Kier molecular flexibility index (Phi) is 8.42. The molecule has 0 spiro atoms. The van der Waals surface area contributed by atoms with Crippen LogP contribution in [0.25, 0.3) is 0 Å². The molecule has 1 amide bonds. The predicted molar refractivity (Wildman–Crippen MR) is 126 cm³/mol. The highest BCUT2D eigenvalue weighted by molar-refractivity contribution is 7.99. The molecule has 0 fully saturated rings. The Hall–Kier alpha value is -2.26. The standard InChI is InChI=1S/C21H18Cl3FN4O2S/c1-3-9-29-20(12(2)31-17-8-7-13(25)10-15(17)23)27-28-21(29)32-11-18(30)26-16-6-4-5-14(22)19(16)24/h3-8,10,12H,1,9,11H2,2H3,(H,26,30). The second-order valence-electron chi connectivity index (χ2n) is 6.51. The fraction of sp³-hybridized carbons (Fsp3) is 0.190.